The molecule has 0 aromatic carbocycles. The summed E-state index contributed by atoms with van der Waals surface area (Å²) in [5, 5.41) is 0. The minimum absolute atomic E-state index is 0.0124. The van der Waals surface area contributed by atoms with Gasteiger partial charge in [-0.2, -0.15) is 0 Å². The maximum atomic E-state index is 12.2. The van der Waals surface area contributed by atoms with Crippen LogP contribution >= 0.6 is 0 Å². The zero-order chi connectivity index (χ0) is 12.0. The van der Waals surface area contributed by atoms with Crippen LogP contribution < -0.4 is 5.73 Å². The van der Waals surface area contributed by atoms with Crippen molar-refractivity contribution in [1.29, 1.82) is 0 Å². The summed E-state index contributed by atoms with van der Waals surface area (Å²) in [6.07, 6.45) is 3.38. The fraction of sp³-hybridized carbons (Fsp3) is 0.917. The first-order valence-corrected chi connectivity index (χ1v) is 6.43. The Morgan fingerprint density at radius 3 is 2.50 bits per heavy atom. The first kappa shape index (κ1) is 13.5. The van der Waals surface area contributed by atoms with Crippen LogP contribution in [0.1, 0.15) is 33.1 Å². The van der Waals surface area contributed by atoms with Gasteiger partial charge in [0.1, 0.15) is 0 Å². The molecule has 1 heterocycles. The quantitative estimate of drug-likeness (QED) is 0.725. The highest BCUT2D eigenvalue weighted by molar-refractivity contribution is 5.81. The van der Waals surface area contributed by atoms with Crippen molar-refractivity contribution in [3.63, 3.8) is 0 Å². The van der Waals surface area contributed by atoms with Gasteiger partial charge in [-0.25, -0.2) is 0 Å². The molecule has 0 aromatic heterocycles. The number of carbonyl (C=O) groups excluding carboxylic acids is 1. The molecule has 16 heavy (non-hydrogen) atoms. The summed E-state index contributed by atoms with van der Waals surface area (Å²) < 4.78 is 0. The average Bonchev–Trinajstić information content (AvgIpc) is 2.80. The molecular formula is C12H25N3O. The Kier molecular flexibility index (Phi) is 5.77. The fourth-order valence-corrected chi connectivity index (χ4v) is 2.31. The van der Waals surface area contributed by atoms with Crippen molar-refractivity contribution in [2.75, 3.05) is 32.7 Å². The van der Waals surface area contributed by atoms with Crippen molar-refractivity contribution in [3.8, 4) is 0 Å². The van der Waals surface area contributed by atoms with Crippen molar-refractivity contribution in [2.45, 2.75) is 39.2 Å². The van der Waals surface area contributed by atoms with E-state index in [1.807, 2.05) is 11.8 Å². The number of carbonyl (C=O) groups is 1. The van der Waals surface area contributed by atoms with Crippen LogP contribution in [0.2, 0.25) is 0 Å². The predicted octanol–water partition coefficient (Wildman–Crippen LogP) is 0.668. The van der Waals surface area contributed by atoms with E-state index in [1.54, 1.807) is 0 Å². The second kappa shape index (κ2) is 6.86. The number of nitrogens with zero attached hydrogens (tertiary/aromatic N) is 2. The molecular weight excluding hydrogens is 202 g/mol. The molecule has 1 atom stereocenters. The molecule has 0 saturated carbocycles. The first-order chi connectivity index (χ1) is 7.70. The van der Waals surface area contributed by atoms with E-state index in [0.717, 1.165) is 45.4 Å². The van der Waals surface area contributed by atoms with Crippen LogP contribution in [0, 0.1) is 0 Å². The molecule has 2 N–H and O–H groups in total. The molecule has 1 rings (SSSR count). The van der Waals surface area contributed by atoms with Gasteiger partial charge in [-0.05, 0) is 32.7 Å². The van der Waals surface area contributed by atoms with E-state index in [9.17, 15) is 4.79 Å². The molecule has 0 radical (unpaired) electrons. The summed E-state index contributed by atoms with van der Waals surface area (Å²) >= 11 is 0. The van der Waals surface area contributed by atoms with Crippen molar-refractivity contribution in [2.24, 2.45) is 5.73 Å². The normalized spacial score (nSPS) is 18.1. The summed E-state index contributed by atoms with van der Waals surface area (Å²) in [7, 11) is 0. The Morgan fingerprint density at radius 1 is 1.38 bits per heavy atom. The van der Waals surface area contributed by atoms with Gasteiger partial charge in [-0.15, -0.1) is 0 Å². The maximum absolute atomic E-state index is 12.2. The Bertz CT molecular complexity index is 208. The summed E-state index contributed by atoms with van der Waals surface area (Å²) in [5.41, 5.74) is 5.58. The lowest BCUT2D eigenvalue weighted by Crippen LogP contribution is -2.48. The molecule has 94 valence electrons. The van der Waals surface area contributed by atoms with Crippen LogP contribution in [0.25, 0.3) is 0 Å². The van der Waals surface area contributed by atoms with Gasteiger partial charge in [0.15, 0.2) is 0 Å². The van der Waals surface area contributed by atoms with Crippen LogP contribution in [0.5, 0.6) is 0 Å². The van der Waals surface area contributed by atoms with Crippen LogP contribution in [0.3, 0.4) is 0 Å². The summed E-state index contributed by atoms with van der Waals surface area (Å²) in [6.45, 7) is 8.41. The van der Waals surface area contributed by atoms with Crippen LogP contribution in [-0.2, 0) is 4.79 Å². The van der Waals surface area contributed by atoms with E-state index >= 15 is 0 Å². The molecule has 0 aliphatic carbocycles. The van der Waals surface area contributed by atoms with Crippen LogP contribution in [-0.4, -0.2) is 54.5 Å². The number of amides is 1. The molecule has 1 fully saturated rings. The molecule has 0 bridgehead atoms. The van der Waals surface area contributed by atoms with Gasteiger partial charge in [0.05, 0.1) is 6.04 Å². The van der Waals surface area contributed by atoms with Gasteiger partial charge in [0, 0.05) is 26.2 Å². The average molecular weight is 227 g/mol. The monoisotopic (exact) mass is 227 g/mol. The summed E-state index contributed by atoms with van der Waals surface area (Å²) in [5.74, 6) is 0.277. The highest BCUT2D eigenvalue weighted by Gasteiger charge is 2.26. The smallest absolute Gasteiger partial charge is 0.239 e. The molecule has 0 spiro atoms. The number of hydrogen-bond acceptors (Lipinski definition) is 3. The fourth-order valence-electron chi connectivity index (χ4n) is 2.31. The van der Waals surface area contributed by atoms with E-state index in [4.69, 9.17) is 5.73 Å². The van der Waals surface area contributed by atoms with E-state index < -0.39 is 0 Å². The molecule has 4 nitrogen and oxygen atoms in total. The van der Waals surface area contributed by atoms with Gasteiger partial charge >= 0.3 is 0 Å². The topological polar surface area (TPSA) is 49.6 Å². The van der Waals surface area contributed by atoms with E-state index in [-0.39, 0.29) is 11.9 Å². The van der Waals surface area contributed by atoms with Gasteiger partial charge in [0.2, 0.25) is 5.91 Å². The number of rotatable bonds is 6. The van der Waals surface area contributed by atoms with Gasteiger partial charge < -0.3 is 10.6 Å². The molecule has 1 aliphatic heterocycles. The van der Waals surface area contributed by atoms with E-state index in [2.05, 4.69) is 11.8 Å². The third-order valence-electron chi connectivity index (χ3n) is 3.25. The second-order valence-corrected chi connectivity index (χ2v) is 4.53. The van der Waals surface area contributed by atoms with Gasteiger partial charge in [0.25, 0.3) is 0 Å². The van der Waals surface area contributed by atoms with Crippen molar-refractivity contribution in [1.82, 2.24) is 9.80 Å². The molecule has 0 aromatic rings. The van der Waals surface area contributed by atoms with E-state index in [1.165, 1.54) is 0 Å². The highest BCUT2D eigenvalue weighted by atomic mass is 16.2. The predicted molar refractivity (Wildman–Crippen MR) is 66.2 cm³/mol. The highest BCUT2D eigenvalue weighted by Crippen LogP contribution is 2.12. The second-order valence-electron chi connectivity index (χ2n) is 4.53. The largest absolute Gasteiger partial charge is 0.341 e. The molecule has 1 saturated heterocycles. The zero-order valence-corrected chi connectivity index (χ0v) is 10.6. The lowest BCUT2D eigenvalue weighted by molar-refractivity contribution is -0.135. The van der Waals surface area contributed by atoms with Crippen LogP contribution in [0.4, 0.5) is 0 Å². The Hall–Kier alpha value is -0.610. The Balaban J connectivity index is 2.50. The van der Waals surface area contributed by atoms with Crippen molar-refractivity contribution >= 4 is 5.91 Å². The minimum Gasteiger partial charge on any atom is -0.341 e. The van der Waals surface area contributed by atoms with Crippen molar-refractivity contribution in [3.05, 3.63) is 0 Å². The third kappa shape index (κ3) is 3.46. The van der Waals surface area contributed by atoms with E-state index in [0.29, 0.717) is 6.54 Å². The molecule has 4 heteroatoms. The lowest BCUT2D eigenvalue weighted by atomic mass is 10.2. The van der Waals surface area contributed by atoms with Gasteiger partial charge in [-0.3, -0.25) is 9.69 Å². The SMILES string of the molecule is CCCN(CCN)C(C)C(=O)N1CCCC1. The standard InChI is InChI=1S/C12H25N3O/c1-3-7-14(10-6-13)11(2)12(16)15-8-4-5-9-15/h11H,3-10,13H2,1-2H3. The summed E-state index contributed by atoms with van der Waals surface area (Å²) in [6, 6.07) is -0.0124. The van der Waals surface area contributed by atoms with Crippen LogP contribution in [0.15, 0.2) is 0 Å². The number of likely N-dealkylation sites (tertiary alicyclic amines) is 1. The molecule has 1 aliphatic rings. The number of hydrogen-bond donors (Lipinski definition) is 1. The lowest BCUT2D eigenvalue weighted by Gasteiger charge is -2.30. The Morgan fingerprint density at radius 2 is 2.00 bits per heavy atom. The number of nitrogens with two attached hydrogens (primary N) is 1. The molecule has 1 amide bonds. The minimum atomic E-state index is -0.0124. The summed E-state index contributed by atoms with van der Waals surface area (Å²) in [4.78, 5) is 16.4. The molecule has 1 unspecified atom stereocenters. The Labute approximate surface area is 98.8 Å². The maximum Gasteiger partial charge on any atom is 0.239 e. The third-order valence-corrected chi connectivity index (χ3v) is 3.25. The van der Waals surface area contributed by atoms with Crippen molar-refractivity contribution < 1.29 is 4.79 Å². The van der Waals surface area contributed by atoms with Gasteiger partial charge in [-0.1, -0.05) is 6.92 Å². The zero-order valence-electron chi connectivity index (χ0n) is 10.6. The first-order valence-electron chi connectivity index (χ1n) is 6.43.